The molecule has 0 spiro atoms. The van der Waals surface area contributed by atoms with Gasteiger partial charge in [0, 0.05) is 0 Å². The lowest BCUT2D eigenvalue weighted by Gasteiger charge is -2.51. The number of allylic oxidation sites excluding steroid dienone is 2. The highest BCUT2D eigenvalue weighted by molar-refractivity contribution is 5.80. The largest absolute Gasteiger partial charge is 0.192 e. The number of aryl methyl sites for hydroxylation is 1. The van der Waals surface area contributed by atoms with Gasteiger partial charge in [-0.2, -0.15) is 5.26 Å². The third kappa shape index (κ3) is 1.82. The molecule has 0 saturated heterocycles. The lowest BCUT2D eigenvalue weighted by Crippen LogP contribution is -2.40. The van der Waals surface area contributed by atoms with Crippen LogP contribution in [0.25, 0.3) is 5.57 Å². The summed E-state index contributed by atoms with van der Waals surface area (Å²) in [5, 5.41) is 9.75. The number of rotatable bonds is 1. The minimum absolute atomic E-state index is 0.710. The van der Waals surface area contributed by atoms with Crippen molar-refractivity contribution in [1.82, 2.24) is 0 Å². The van der Waals surface area contributed by atoms with E-state index in [0.29, 0.717) is 11.8 Å². The first-order valence-electron chi connectivity index (χ1n) is 7.95. The SMILES string of the molecule is Cc1cccc(C(C#N)=C2C3CC4CC(C3)CC2C4)c1. The normalized spacial score (nSPS) is 34.1. The van der Waals surface area contributed by atoms with Gasteiger partial charge in [0.2, 0.25) is 0 Å². The van der Waals surface area contributed by atoms with E-state index in [-0.39, 0.29) is 0 Å². The third-order valence-electron chi connectivity index (χ3n) is 5.72. The smallest absolute Gasteiger partial charge is 0.0997 e. The second-order valence-corrected chi connectivity index (χ2v) is 7.12. The molecule has 0 heterocycles. The van der Waals surface area contributed by atoms with Crippen molar-refractivity contribution in [1.29, 1.82) is 5.26 Å². The molecular weight excluding hydrogens is 242 g/mol. The highest BCUT2D eigenvalue weighted by Gasteiger charge is 2.46. The molecule has 4 bridgehead atoms. The van der Waals surface area contributed by atoms with Crippen LogP contribution in [0.5, 0.6) is 0 Å². The molecule has 0 aromatic heterocycles. The zero-order valence-electron chi connectivity index (χ0n) is 12.1. The van der Waals surface area contributed by atoms with Crippen LogP contribution in [0.2, 0.25) is 0 Å². The molecule has 1 heteroatoms. The molecule has 0 aliphatic heterocycles. The van der Waals surface area contributed by atoms with Gasteiger partial charge in [-0.3, -0.25) is 0 Å². The molecule has 20 heavy (non-hydrogen) atoms. The van der Waals surface area contributed by atoms with Crippen molar-refractivity contribution in [2.75, 3.05) is 0 Å². The molecule has 4 fully saturated rings. The van der Waals surface area contributed by atoms with Gasteiger partial charge in [0.1, 0.15) is 0 Å². The van der Waals surface area contributed by atoms with Gasteiger partial charge in [0.05, 0.1) is 11.6 Å². The van der Waals surface area contributed by atoms with Crippen molar-refractivity contribution in [3.05, 3.63) is 41.0 Å². The van der Waals surface area contributed by atoms with Crippen molar-refractivity contribution in [2.45, 2.75) is 39.0 Å². The van der Waals surface area contributed by atoms with E-state index >= 15 is 0 Å². The van der Waals surface area contributed by atoms with Gasteiger partial charge in [-0.25, -0.2) is 0 Å². The van der Waals surface area contributed by atoms with E-state index in [1.54, 1.807) is 0 Å². The Morgan fingerprint density at radius 1 is 1.05 bits per heavy atom. The van der Waals surface area contributed by atoms with E-state index in [2.05, 4.69) is 37.3 Å². The van der Waals surface area contributed by atoms with Crippen LogP contribution >= 0.6 is 0 Å². The van der Waals surface area contributed by atoms with Crippen molar-refractivity contribution in [2.24, 2.45) is 23.7 Å². The molecule has 4 aliphatic carbocycles. The van der Waals surface area contributed by atoms with Crippen LogP contribution in [0, 0.1) is 41.9 Å². The average Bonchev–Trinajstić information content (AvgIpc) is 2.42. The van der Waals surface area contributed by atoms with Gasteiger partial charge >= 0.3 is 0 Å². The number of hydrogen-bond acceptors (Lipinski definition) is 1. The molecule has 0 atom stereocenters. The zero-order chi connectivity index (χ0) is 13.7. The van der Waals surface area contributed by atoms with E-state index < -0.39 is 0 Å². The van der Waals surface area contributed by atoms with Crippen LogP contribution < -0.4 is 0 Å². The summed E-state index contributed by atoms with van der Waals surface area (Å²) in [6, 6.07) is 11.0. The maximum Gasteiger partial charge on any atom is 0.0997 e. The van der Waals surface area contributed by atoms with Crippen molar-refractivity contribution < 1.29 is 0 Å². The molecule has 1 aromatic carbocycles. The predicted molar refractivity (Wildman–Crippen MR) is 80.8 cm³/mol. The fourth-order valence-corrected chi connectivity index (χ4v) is 5.20. The molecule has 102 valence electrons. The fourth-order valence-electron chi connectivity index (χ4n) is 5.20. The monoisotopic (exact) mass is 263 g/mol. The van der Waals surface area contributed by atoms with E-state index in [4.69, 9.17) is 0 Å². The van der Waals surface area contributed by atoms with E-state index in [9.17, 15) is 5.26 Å². The summed E-state index contributed by atoms with van der Waals surface area (Å²) in [6.45, 7) is 2.11. The van der Waals surface area contributed by atoms with Crippen molar-refractivity contribution in [3.8, 4) is 6.07 Å². The van der Waals surface area contributed by atoms with E-state index in [1.807, 2.05) is 0 Å². The summed E-state index contributed by atoms with van der Waals surface area (Å²) in [5.41, 5.74) is 4.92. The van der Waals surface area contributed by atoms with Crippen LogP contribution in [-0.4, -0.2) is 0 Å². The van der Waals surface area contributed by atoms with Crippen LogP contribution in [0.1, 0.15) is 43.2 Å². The Hall–Kier alpha value is -1.55. The molecular formula is C19H21N. The topological polar surface area (TPSA) is 23.8 Å². The van der Waals surface area contributed by atoms with Gasteiger partial charge < -0.3 is 0 Å². The predicted octanol–water partition coefficient (Wildman–Crippen LogP) is 4.73. The Balaban J connectivity index is 1.82. The summed E-state index contributed by atoms with van der Waals surface area (Å²) in [7, 11) is 0. The summed E-state index contributed by atoms with van der Waals surface area (Å²) in [6.07, 6.45) is 6.85. The molecule has 1 aromatic rings. The second kappa shape index (κ2) is 4.48. The van der Waals surface area contributed by atoms with Crippen molar-refractivity contribution in [3.63, 3.8) is 0 Å². The minimum atomic E-state index is 0.710. The van der Waals surface area contributed by atoms with Gasteiger partial charge in [0.25, 0.3) is 0 Å². The van der Waals surface area contributed by atoms with Crippen LogP contribution in [0.15, 0.2) is 29.8 Å². The van der Waals surface area contributed by atoms with Gasteiger partial charge in [-0.15, -0.1) is 0 Å². The number of benzene rings is 1. The average molecular weight is 263 g/mol. The molecule has 1 nitrogen and oxygen atoms in total. The Morgan fingerprint density at radius 3 is 2.25 bits per heavy atom. The van der Waals surface area contributed by atoms with Gasteiger partial charge in [0.15, 0.2) is 0 Å². The first kappa shape index (κ1) is 12.2. The molecule has 0 unspecified atom stereocenters. The molecule has 5 rings (SSSR count). The summed E-state index contributed by atoms with van der Waals surface area (Å²) < 4.78 is 0. The highest BCUT2D eigenvalue weighted by atomic mass is 14.5. The molecule has 0 amide bonds. The number of nitriles is 1. The quantitative estimate of drug-likeness (QED) is 0.672. The summed E-state index contributed by atoms with van der Waals surface area (Å²) in [4.78, 5) is 0. The summed E-state index contributed by atoms with van der Waals surface area (Å²) in [5.74, 6) is 3.33. The first-order valence-corrected chi connectivity index (χ1v) is 7.95. The third-order valence-corrected chi connectivity index (χ3v) is 5.72. The Kier molecular flexibility index (Phi) is 2.74. The van der Waals surface area contributed by atoms with Crippen LogP contribution in [-0.2, 0) is 0 Å². The standard InChI is InChI=1S/C19H21N/c1-12-3-2-4-15(5-12)18(11-20)19-16-7-13-6-14(9-16)10-17(19)8-13/h2-5,13-14,16-17H,6-10H2,1H3. The first-order chi connectivity index (χ1) is 9.74. The molecule has 4 saturated carbocycles. The van der Waals surface area contributed by atoms with Crippen molar-refractivity contribution >= 4 is 5.57 Å². The highest BCUT2D eigenvalue weighted by Crippen LogP contribution is 2.57. The number of hydrogen-bond donors (Lipinski definition) is 0. The zero-order valence-corrected chi connectivity index (χ0v) is 12.1. The fraction of sp³-hybridized carbons (Fsp3) is 0.526. The Labute approximate surface area is 121 Å². The lowest BCUT2D eigenvalue weighted by atomic mass is 9.53. The maximum atomic E-state index is 9.75. The van der Waals surface area contributed by atoms with Crippen LogP contribution in [0.4, 0.5) is 0 Å². The molecule has 0 radical (unpaired) electrons. The maximum absolute atomic E-state index is 9.75. The Bertz CT molecular complexity index is 587. The number of nitrogens with zero attached hydrogens (tertiary/aromatic N) is 1. The van der Waals surface area contributed by atoms with Gasteiger partial charge in [-0.05, 0) is 73.8 Å². The van der Waals surface area contributed by atoms with E-state index in [0.717, 1.165) is 23.0 Å². The summed E-state index contributed by atoms with van der Waals surface area (Å²) >= 11 is 0. The Morgan fingerprint density at radius 2 is 1.70 bits per heavy atom. The lowest BCUT2D eigenvalue weighted by molar-refractivity contribution is 0.0706. The minimum Gasteiger partial charge on any atom is -0.192 e. The molecule has 0 N–H and O–H groups in total. The second-order valence-electron chi connectivity index (χ2n) is 7.12. The van der Waals surface area contributed by atoms with E-state index in [1.165, 1.54) is 43.2 Å². The van der Waals surface area contributed by atoms with Crippen LogP contribution in [0.3, 0.4) is 0 Å². The molecule has 4 aliphatic rings. The van der Waals surface area contributed by atoms with Gasteiger partial charge in [-0.1, -0.05) is 29.8 Å².